The lowest BCUT2D eigenvalue weighted by Crippen LogP contribution is -2.59. The molecule has 18 heavy (non-hydrogen) atoms. The van der Waals surface area contributed by atoms with Gasteiger partial charge in [0.05, 0.1) is 18.8 Å². The Hall–Kier alpha value is -1.33. The first-order valence-electron chi connectivity index (χ1n) is 6.36. The summed E-state index contributed by atoms with van der Waals surface area (Å²) in [5.74, 6) is 0.976. The zero-order valence-corrected chi connectivity index (χ0v) is 11.0. The van der Waals surface area contributed by atoms with Crippen LogP contribution < -0.4 is 5.73 Å². The second-order valence-electron chi connectivity index (χ2n) is 4.91. The van der Waals surface area contributed by atoms with Crippen molar-refractivity contribution in [2.45, 2.75) is 32.0 Å². The molecule has 100 valence electrons. The number of nitrogens with zero attached hydrogens (tertiary/aromatic N) is 2. The molecule has 1 fully saturated rings. The normalized spacial score (nSPS) is 25.7. The molecule has 1 aliphatic rings. The van der Waals surface area contributed by atoms with E-state index in [0.717, 1.165) is 12.3 Å². The molecule has 2 N–H and O–H groups in total. The number of amides is 1. The van der Waals surface area contributed by atoms with Gasteiger partial charge in [-0.3, -0.25) is 9.69 Å². The van der Waals surface area contributed by atoms with Crippen LogP contribution in [-0.4, -0.2) is 47.9 Å². The first-order valence-corrected chi connectivity index (χ1v) is 6.36. The summed E-state index contributed by atoms with van der Waals surface area (Å²) in [6.07, 6.45) is 2.34. The smallest absolute Gasteiger partial charge is 0.240 e. The summed E-state index contributed by atoms with van der Waals surface area (Å²) in [6.45, 7) is 3.94. The molecule has 2 heterocycles. The third-order valence-corrected chi connectivity index (χ3v) is 3.64. The minimum absolute atomic E-state index is 0.103. The van der Waals surface area contributed by atoms with Crippen LogP contribution in [0.4, 0.5) is 0 Å². The number of hydrogen-bond acceptors (Lipinski definition) is 4. The summed E-state index contributed by atoms with van der Waals surface area (Å²) < 4.78 is 5.31. The van der Waals surface area contributed by atoms with Crippen molar-refractivity contribution in [1.82, 2.24) is 9.80 Å². The van der Waals surface area contributed by atoms with Crippen molar-refractivity contribution in [3.05, 3.63) is 24.2 Å². The van der Waals surface area contributed by atoms with Crippen molar-refractivity contribution < 1.29 is 9.21 Å². The molecule has 2 atom stereocenters. The number of nitrogens with two attached hydrogens (primary N) is 1. The zero-order chi connectivity index (χ0) is 13.1. The first-order chi connectivity index (χ1) is 8.63. The van der Waals surface area contributed by atoms with Gasteiger partial charge in [-0.1, -0.05) is 0 Å². The fourth-order valence-corrected chi connectivity index (χ4v) is 2.45. The highest BCUT2D eigenvalue weighted by molar-refractivity contribution is 5.82. The van der Waals surface area contributed by atoms with E-state index in [-0.39, 0.29) is 11.9 Å². The van der Waals surface area contributed by atoms with Gasteiger partial charge in [-0.2, -0.15) is 0 Å². The fraction of sp³-hybridized carbons (Fsp3) is 0.615. The molecule has 1 aromatic heterocycles. The molecule has 0 spiro atoms. The SMILES string of the molecule is CC1CN(Cc2ccco2)C(=O)C(CCN)N1C. The molecule has 2 rings (SSSR count). The third-order valence-electron chi connectivity index (χ3n) is 3.64. The summed E-state index contributed by atoms with van der Waals surface area (Å²) in [4.78, 5) is 16.4. The second-order valence-corrected chi connectivity index (χ2v) is 4.91. The zero-order valence-electron chi connectivity index (χ0n) is 11.0. The van der Waals surface area contributed by atoms with Crippen LogP contribution >= 0.6 is 0 Å². The molecule has 1 aromatic rings. The quantitative estimate of drug-likeness (QED) is 0.854. The molecule has 1 amide bonds. The number of carbonyl (C=O) groups is 1. The summed E-state index contributed by atoms with van der Waals surface area (Å²) >= 11 is 0. The van der Waals surface area contributed by atoms with Crippen molar-refractivity contribution >= 4 is 5.91 Å². The van der Waals surface area contributed by atoms with Gasteiger partial charge in [-0.25, -0.2) is 0 Å². The van der Waals surface area contributed by atoms with Crippen LogP contribution in [0.15, 0.2) is 22.8 Å². The van der Waals surface area contributed by atoms with E-state index in [0.29, 0.717) is 25.6 Å². The van der Waals surface area contributed by atoms with Gasteiger partial charge < -0.3 is 15.1 Å². The maximum absolute atomic E-state index is 12.4. The van der Waals surface area contributed by atoms with Gasteiger partial charge in [0.15, 0.2) is 0 Å². The topological polar surface area (TPSA) is 62.7 Å². The number of hydrogen-bond donors (Lipinski definition) is 1. The Balaban J connectivity index is 2.09. The largest absolute Gasteiger partial charge is 0.467 e. The highest BCUT2D eigenvalue weighted by atomic mass is 16.3. The summed E-state index contributed by atoms with van der Waals surface area (Å²) in [5, 5.41) is 0. The predicted octanol–water partition coefficient (Wildman–Crippen LogP) is 0.660. The first kappa shape index (κ1) is 13.1. The lowest BCUT2D eigenvalue weighted by atomic mass is 10.0. The van der Waals surface area contributed by atoms with Crippen LogP contribution in [0.2, 0.25) is 0 Å². The van der Waals surface area contributed by atoms with Gasteiger partial charge in [0.1, 0.15) is 5.76 Å². The Bertz CT molecular complexity index is 391. The molecular weight excluding hydrogens is 230 g/mol. The molecule has 5 nitrogen and oxygen atoms in total. The van der Waals surface area contributed by atoms with Crippen LogP contribution in [0.1, 0.15) is 19.1 Å². The molecule has 1 saturated heterocycles. The lowest BCUT2D eigenvalue weighted by molar-refractivity contribution is -0.144. The summed E-state index contributed by atoms with van der Waals surface area (Å²) in [6, 6.07) is 3.98. The second kappa shape index (κ2) is 5.54. The van der Waals surface area contributed by atoms with Crippen molar-refractivity contribution in [1.29, 1.82) is 0 Å². The average Bonchev–Trinajstić information content (AvgIpc) is 2.84. The van der Waals surface area contributed by atoms with Crippen LogP contribution in [0, 0.1) is 0 Å². The van der Waals surface area contributed by atoms with Gasteiger partial charge in [0.2, 0.25) is 5.91 Å². The maximum atomic E-state index is 12.4. The summed E-state index contributed by atoms with van der Waals surface area (Å²) in [5.41, 5.74) is 5.59. The van der Waals surface area contributed by atoms with E-state index in [9.17, 15) is 4.79 Å². The summed E-state index contributed by atoms with van der Waals surface area (Å²) in [7, 11) is 1.99. The molecule has 0 aromatic carbocycles. The number of furan rings is 1. The molecule has 2 unspecified atom stereocenters. The maximum Gasteiger partial charge on any atom is 0.240 e. The molecule has 0 saturated carbocycles. The molecule has 1 aliphatic heterocycles. The molecule has 0 aliphatic carbocycles. The third kappa shape index (κ3) is 2.57. The van der Waals surface area contributed by atoms with Crippen molar-refractivity contribution in [3.8, 4) is 0 Å². The molecule has 0 bridgehead atoms. The standard InChI is InChI=1S/C13H21N3O2/c1-10-8-16(9-11-4-3-7-18-11)13(17)12(5-6-14)15(10)2/h3-4,7,10,12H,5-6,8-9,14H2,1-2H3. The molecule has 5 heteroatoms. The number of likely N-dealkylation sites (N-methyl/N-ethyl adjacent to an activating group) is 1. The van der Waals surface area contributed by atoms with Crippen LogP contribution in [-0.2, 0) is 11.3 Å². The Labute approximate surface area is 108 Å². The van der Waals surface area contributed by atoms with Crippen LogP contribution in [0.25, 0.3) is 0 Å². The van der Waals surface area contributed by atoms with Gasteiger partial charge in [0.25, 0.3) is 0 Å². The Morgan fingerprint density at radius 1 is 1.56 bits per heavy atom. The van der Waals surface area contributed by atoms with Crippen molar-refractivity contribution in [3.63, 3.8) is 0 Å². The van der Waals surface area contributed by atoms with Crippen molar-refractivity contribution in [2.24, 2.45) is 5.73 Å². The minimum Gasteiger partial charge on any atom is -0.467 e. The van der Waals surface area contributed by atoms with E-state index in [1.54, 1.807) is 6.26 Å². The van der Waals surface area contributed by atoms with E-state index in [1.165, 1.54) is 0 Å². The van der Waals surface area contributed by atoms with E-state index >= 15 is 0 Å². The molecular formula is C13H21N3O2. The Morgan fingerprint density at radius 3 is 2.94 bits per heavy atom. The van der Waals surface area contributed by atoms with Gasteiger partial charge in [-0.15, -0.1) is 0 Å². The molecule has 0 radical (unpaired) electrons. The Kier molecular flexibility index (Phi) is 4.04. The number of piperazine rings is 1. The van der Waals surface area contributed by atoms with E-state index < -0.39 is 0 Å². The predicted molar refractivity (Wildman–Crippen MR) is 68.8 cm³/mol. The highest BCUT2D eigenvalue weighted by Crippen LogP contribution is 2.19. The van der Waals surface area contributed by atoms with Gasteiger partial charge in [-0.05, 0) is 39.1 Å². The van der Waals surface area contributed by atoms with E-state index in [2.05, 4.69) is 11.8 Å². The highest BCUT2D eigenvalue weighted by Gasteiger charge is 2.36. The van der Waals surface area contributed by atoms with Crippen molar-refractivity contribution in [2.75, 3.05) is 20.1 Å². The van der Waals surface area contributed by atoms with E-state index in [4.69, 9.17) is 10.2 Å². The van der Waals surface area contributed by atoms with Gasteiger partial charge in [0, 0.05) is 12.6 Å². The lowest BCUT2D eigenvalue weighted by Gasteiger charge is -2.42. The van der Waals surface area contributed by atoms with Crippen LogP contribution in [0.5, 0.6) is 0 Å². The van der Waals surface area contributed by atoms with E-state index in [1.807, 2.05) is 24.1 Å². The number of rotatable bonds is 4. The minimum atomic E-state index is -0.103. The Morgan fingerprint density at radius 2 is 2.33 bits per heavy atom. The number of carbonyl (C=O) groups excluding carboxylic acids is 1. The monoisotopic (exact) mass is 251 g/mol. The average molecular weight is 251 g/mol. The fourth-order valence-electron chi connectivity index (χ4n) is 2.45. The van der Waals surface area contributed by atoms with Gasteiger partial charge >= 0.3 is 0 Å². The van der Waals surface area contributed by atoms with Crippen LogP contribution in [0.3, 0.4) is 0 Å².